The molecular weight excluding hydrogens is 520 g/mol. The van der Waals surface area contributed by atoms with Gasteiger partial charge < -0.3 is 38.3 Å². The summed E-state index contributed by atoms with van der Waals surface area (Å²) in [5.41, 5.74) is 17.9. The second kappa shape index (κ2) is 15.6. The van der Waals surface area contributed by atoms with Gasteiger partial charge in [-0.25, -0.2) is 4.79 Å². The average Bonchev–Trinajstić information content (AvgIpc) is 2.90. The van der Waals surface area contributed by atoms with Crippen molar-refractivity contribution in [2.24, 2.45) is 17.2 Å². The van der Waals surface area contributed by atoms with Crippen LogP contribution >= 0.6 is 0 Å². The molecular formula is C27H34N6O7. The quantitative estimate of drug-likeness (QED) is 0.128. The molecule has 0 saturated heterocycles. The van der Waals surface area contributed by atoms with Crippen molar-refractivity contribution in [2.45, 2.75) is 56.3 Å². The van der Waals surface area contributed by atoms with E-state index in [1.165, 1.54) is 0 Å². The molecule has 0 bridgehead atoms. The Morgan fingerprint density at radius 1 is 0.650 bits per heavy atom. The third-order valence-electron chi connectivity index (χ3n) is 5.88. The largest absolute Gasteiger partial charge is 0.480 e. The van der Waals surface area contributed by atoms with Crippen LogP contribution in [0.5, 0.6) is 0 Å². The Balaban J connectivity index is 2.15. The van der Waals surface area contributed by atoms with E-state index in [1.807, 2.05) is 0 Å². The van der Waals surface area contributed by atoms with Gasteiger partial charge in [0.25, 0.3) is 0 Å². The summed E-state index contributed by atoms with van der Waals surface area (Å²) in [6.07, 6.45) is -1.08. The number of aliphatic carboxylic acids is 1. The SMILES string of the molecule is NC(=O)CCC(NC(=O)C(CC(N)=O)NC(=O)C(N)Cc1ccccc1)C(=O)NC(Cc1ccccc1)C(=O)O. The number of nitrogens with one attached hydrogen (secondary N) is 3. The molecule has 40 heavy (non-hydrogen) atoms. The first-order chi connectivity index (χ1) is 19.0. The van der Waals surface area contributed by atoms with Gasteiger partial charge in [-0.2, -0.15) is 0 Å². The summed E-state index contributed by atoms with van der Waals surface area (Å²) in [5.74, 6) is -5.59. The lowest BCUT2D eigenvalue weighted by Gasteiger charge is -2.24. The van der Waals surface area contributed by atoms with E-state index < -0.39 is 66.1 Å². The lowest BCUT2D eigenvalue weighted by Crippen LogP contribution is -2.58. The Hall–Kier alpha value is -4.78. The van der Waals surface area contributed by atoms with E-state index in [0.717, 1.165) is 5.56 Å². The summed E-state index contributed by atoms with van der Waals surface area (Å²) in [4.78, 5) is 73.6. The predicted octanol–water partition coefficient (Wildman–Crippen LogP) is -1.52. The van der Waals surface area contributed by atoms with Gasteiger partial charge in [0.15, 0.2) is 0 Å². The number of benzene rings is 2. The first-order valence-corrected chi connectivity index (χ1v) is 12.5. The van der Waals surface area contributed by atoms with Gasteiger partial charge >= 0.3 is 5.97 Å². The van der Waals surface area contributed by atoms with Gasteiger partial charge in [-0.3, -0.25) is 24.0 Å². The van der Waals surface area contributed by atoms with E-state index >= 15 is 0 Å². The minimum atomic E-state index is -1.49. The van der Waals surface area contributed by atoms with E-state index in [1.54, 1.807) is 60.7 Å². The van der Waals surface area contributed by atoms with Crippen molar-refractivity contribution >= 4 is 35.5 Å². The number of rotatable bonds is 16. The number of hydrogen-bond acceptors (Lipinski definition) is 7. The Kier molecular flexibility index (Phi) is 12.3. The number of amides is 5. The van der Waals surface area contributed by atoms with Gasteiger partial charge in [0.1, 0.15) is 18.1 Å². The maximum absolute atomic E-state index is 13.1. The van der Waals surface area contributed by atoms with Crippen molar-refractivity contribution in [1.29, 1.82) is 0 Å². The van der Waals surface area contributed by atoms with Gasteiger partial charge in [0, 0.05) is 12.8 Å². The molecule has 0 heterocycles. The molecule has 10 N–H and O–H groups in total. The van der Waals surface area contributed by atoms with E-state index in [2.05, 4.69) is 16.0 Å². The first kappa shape index (κ1) is 31.4. The molecule has 0 radical (unpaired) electrons. The van der Waals surface area contributed by atoms with Crippen LogP contribution in [0.3, 0.4) is 0 Å². The van der Waals surface area contributed by atoms with Crippen LogP contribution in [0, 0.1) is 0 Å². The molecule has 4 atom stereocenters. The molecule has 0 aliphatic carbocycles. The van der Waals surface area contributed by atoms with Gasteiger partial charge in [-0.05, 0) is 24.0 Å². The minimum absolute atomic E-state index is 0.0436. The molecule has 5 amide bonds. The van der Waals surface area contributed by atoms with Crippen LogP contribution in [-0.2, 0) is 41.6 Å². The number of hydrogen-bond donors (Lipinski definition) is 7. The molecule has 0 fully saturated rings. The van der Waals surface area contributed by atoms with Crippen LogP contribution in [0.1, 0.15) is 30.4 Å². The fraction of sp³-hybridized carbons (Fsp3) is 0.333. The zero-order valence-corrected chi connectivity index (χ0v) is 21.7. The summed E-state index contributed by atoms with van der Waals surface area (Å²) in [6, 6.07) is 12.1. The van der Waals surface area contributed by atoms with Crippen molar-refractivity contribution in [2.75, 3.05) is 0 Å². The third kappa shape index (κ3) is 10.9. The number of carbonyl (C=O) groups excluding carboxylic acids is 5. The lowest BCUT2D eigenvalue weighted by atomic mass is 10.0. The molecule has 0 aliphatic heterocycles. The van der Waals surface area contributed by atoms with Gasteiger partial charge in [-0.1, -0.05) is 60.7 Å². The molecule has 13 nitrogen and oxygen atoms in total. The topological polar surface area (TPSA) is 237 Å². The molecule has 2 rings (SSSR count). The molecule has 214 valence electrons. The van der Waals surface area contributed by atoms with Crippen LogP contribution in [-0.4, -0.2) is 64.8 Å². The number of carboxylic acid groups (broad SMARTS) is 1. The molecule has 0 aromatic heterocycles. The Morgan fingerprint density at radius 3 is 1.62 bits per heavy atom. The maximum Gasteiger partial charge on any atom is 0.326 e. The summed E-state index contributed by atoms with van der Waals surface area (Å²) < 4.78 is 0. The highest BCUT2D eigenvalue weighted by atomic mass is 16.4. The maximum atomic E-state index is 13.1. The van der Waals surface area contributed by atoms with Crippen LogP contribution < -0.4 is 33.2 Å². The minimum Gasteiger partial charge on any atom is -0.480 e. The Labute approximate surface area is 230 Å². The zero-order valence-electron chi connectivity index (χ0n) is 21.7. The van der Waals surface area contributed by atoms with Crippen LogP contribution in [0.25, 0.3) is 0 Å². The van der Waals surface area contributed by atoms with Gasteiger partial charge in [0.2, 0.25) is 29.5 Å². The van der Waals surface area contributed by atoms with Crippen molar-refractivity contribution in [3.8, 4) is 0 Å². The van der Waals surface area contributed by atoms with Crippen molar-refractivity contribution in [1.82, 2.24) is 16.0 Å². The van der Waals surface area contributed by atoms with E-state index in [0.29, 0.717) is 5.56 Å². The van der Waals surface area contributed by atoms with Gasteiger partial charge in [-0.15, -0.1) is 0 Å². The summed E-state index contributed by atoms with van der Waals surface area (Å²) in [7, 11) is 0. The second-order valence-corrected chi connectivity index (χ2v) is 9.18. The van der Waals surface area contributed by atoms with Crippen molar-refractivity contribution in [3.63, 3.8) is 0 Å². The van der Waals surface area contributed by atoms with Crippen molar-refractivity contribution < 1.29 is 33.9 Å². The standard InChI is InChI=1S/C27H34N6O7/c28-18(13-16-7-3-1-4-8-16)24(36)32-20(15-23(30)35)26(38)31-19(11-12-22(29)34)25(37)33-21(27(39)40)14-17-9-5-2-6-10-17/h1-10,18-21H,11-15,28H2,(H2,29,34)(H2,30,35)(H,31,38)(H,32,36)(H,33,37)(H,39,40). The predicted molar refractivity (Wildman–Crippen MR) is 144 cm³/mol. The van der Waals surface area contributed by atoms with E-state index in [-0.39, 0.29) is 25.7 Å². The summed E-state index contributed by atoms with van der Waals surface area (Å²) in [6.45, 7) is 0. The normalized spacial score (nSPS) is 13.6. The average molecular weight is 555 g/mol. The molecule has 0 spiro atoms. The first-order valence-electron chi connectivity index (χ1n) is 12.5. The molecule has 2 aromatic rings. The van der Waals surface area contributed by atoms with E-state index in [4.69, 9.17) is 17.2 Å². The lowest BCUT2D eigenvalue weighted by molar-refractivity contribution is -0.142. The number of nitrogens with two attached hydrogens (primary N) is 3. The molecule has 4 unspecified atom stereocenters. The summed E-state index contributed by atoms with van der Waals surface area (Å²) >= 11 is 0. The highest BCUT2D eigenvalue weighted by molar-refractivity contribution is 5.96. The number of carbonyl (C=O) groups is 6. The fourth-order valence-electron chi connectivity index (χ4n) is 3.80. The highest BCUT2D eigenvalue weighted by Crippen LogP contribution is 2.07. The molecule has 0 aliphatic rings. The fourth-order valence-corrected chi connectivity index (χ4v) is 3.80. The van der Waals surface area contributed by atoms with Crippen LogP contribution in [0.15, 0.2) is 60.7 Å². The highest BCUT2D eigenvalue weighted by Gasteiger charge is 2.31. The van der Waals surface area contributed by atoms with Crippen LogP contribution in [0.2, 0.25) is 0 Å². The molecule has 13 heteroatoms. The van der Waals surface area contributed by atoms with Crippen molar-refractivity contribution in [3.05, 3.63) is 71.8 Å². The number of carboxylic acids is 1. The second-order valence-electron chi connectivity index (χ2n) is 9.18. The molecule has 2 aromatic carbocycles. The Morgan fingerprint density at radius 2 is 1.12 bits per heavy atom. The zero-order chi connectivity index (χ0) is 29.7. The third-order valence-corrected chi connectivity index (χ3v) is 5.88. The molecule has 0 saturated carbocycles. The van der Waals surface area contributed by atoms with Crippen LogP contribution in [0.4, 0.5) is 0 Å². The van der Waals surface area contributed by atoms with E-state index in [9.17, 15) is 33.9 Å². The monoisotopic (exact) mass is 554 g/mol. The number of primary amides is 2. The van der Waals surface area contributed by atoms with Gasteiger partial charge in [0.05, 0.1) is 12.5 Å². The smallest absolute Gasteiger partial charge is 0.326 e. The Bertz CT molecular complexity index is 1190. The summed E-state index contributed by atoms with van der Waals surface area (Å²) in [5, 5.41) is 16.7.